The molecule has 4 rings (SSSR count). The molecule has 8 heteroatoms. The molecule has 62 heavy (non-hydrogen) atoms. The summed E-state index contributed by atoms with van der Waals surface area (Å²) in [5, 5.41) is 30.6. The van der Waals surface area contributed by atoms with Gasteiger partial charge in [0.25, 0.3) is 0 Å². The van der Waals surface area contributed by atoms with E-state index >= 15 is 0 Å². The third-order valence-electron chi connectivity index (χ3n) is 12.0. The van der Waals surface area contributed by atoms with Crippen LogP contribution in [0.4, 0.5) is 0 Å². The van der Waals surface area contributed by atoms with Crippen molar-refractivity contribution in [3.05, 3.63) is 113 Å². The van der Waals surface area contributed by atoms with E-state index in [4.69, 9.17) is 0 Å². The van der Waals surface area contributed by atoms with Crippen LogP contribution in [0.2, 0.25) is 0 Å². The highest BCUT2D eigenvalue weighted by Crippen LogP contribution is 2.40. The van der Waals surface area contributed by atoms with E-state index in [-0.39, 0.29) is 0 Å². The molecule has 0 fully saturated rings. The number of rotatable bonds is 10. The van der Waals surface area contributed by atoms with E-state index in [0.29, 0.717) is 0 Å². The fourth-order valence-electron chi connectivity index (χ4n) is 8.35. The van der Waals surface area contributed by atoms with Crippen molar-refractivity contribution < 1.29 is 0 Å². The Morgan fingerprint density at radius 1 is 0.306 bits per heavy atom. The van der Waals surface area contributed by atoms with E-state index in [0.717, 1.165) is 45.4 Å². The Kier molecular flexibility index (Phi) is 17.3. The van der Waals surface area contributed by atoms with Crippen LogP contribution in [0.3, 0.4) is 0 Å². The summed E-state index contributed by atoms with van der Waals surface area (Å²) >= 11 is 0. The van der Waals surface area contributed by atoms with Crippen LogP contribution >= 0.6 is 0 Å². The van der Waals surface area contributed by atoms with Crippen molar-refractivity contribution in [3.63, 3.8) is 0 Å². The fourth-order valence-corrected chi connectivity index (χ4v) is 8.35. The highest BCUT2D eigenvalue weighted by atomic mass is 15.4. The predicted molar refractivity (Wildman–Crippen MR) is 274 cm³/mol. The molecule has 0 aliphatic rings. The minimum Gasteiger partial charge on any atom is -0.303 e. The average molecular weight is 837 g/mol. The normalized spacial score (nSPS) is 12.3. The van der Waals surface area contributed by atoms with Crippen molar-refractivity contribution >= 4 is 34.3 Å². The smallest absolute Gasteiger partial charge is 0.0674 e. The summed E-state index contributed by atoms with van der Waals surface area (Å²) in [4.78, 5) is 0. The standard InChI is InChI=1S/C28H38N4.C26H38N4/c1-15(2)29-31-23(11)25-13-17(5)19(7)27(21(25)9)28-20(8)18(6)14-26(22(28)10)24(12)32-30-16(3)4;1-15-13-23(21(7)27-29(9)10)19(5)25(17(15)3)26-18(4)16(2)14-24(20(26)6)22(8)28-30(11)12/h13-14H,1-12H3;13-14H,1-12H3/b31-23+,32-24+;27-21+,28-22+. The first kappa shape index (κ1) is 50.9. The number of hydrogen-bond acceptors (Lipinski definition) is 8. The zero-order chi connectivity index (χ0) is 47.2. The molecule has 0 heterocycles. The van der Waals surface area contributed by atoms with Crippen LogP contribution in [-0.2, 0) is 0 Å². The van der Waals surface area contributed by atoms with Crippen molar-refractivity contribution in [3.8, 4) is 22.3 Å². The molecule has 0 radical (unpaired) electrons. The van der Waals surface area contributed by atoms with E-state index in [1.165, 1.54) is 100 Å². The Labute approximate surface area is 375 Å². The van der Waals surface area contributed by atoms with Crippen molar-refractivity contribution in [2.45, 2.75) is 138 Å². The number of aryl methyl sites for hydroxylation is 4. The monoisotopic (exact) mass is 837 g/mol. The molecule has 0 aliphatic heterocycles. The molecule has 0 aliphatic carbocycles. The first-order valence-corrected chi connectivity index (χ1v) is 21.7. The zero-order valence-electron chi connectivity index (χ0n) is 42.9. The first-order chi connectivity index (χ1) is 28.7. The minimum atomic E-state index is 0.932. The molecule has 4 aromatic rings. The Balaban J connectivity index is 0.000000331. The largest absolute Gasteiger partial charge is 0.303 e. The second-order valence-electron chi connectivity index (χ2n) is 18.0. The van der Waals surface area contributed by atoms with Gasteiger partial charge in [0, 0.05) is 61.9 Å². The van der Waals surface area contributed by atoms with Crippen LogP contribution in [0.5, 0.6) is 0 Å². The van der Waals surface area contributed by atoms with E-state index in [2.05, 4.69) is 152 Å². The summed E-state index contributed by atoms with van der Waals surface area (Å²) in [5.41, 5.74) is 31.2. The molecule has 332 valence electrons. The molecule has 0 saturated heterocycles. The van der Waals surface area contributed by atoms with Crippen LogP contribution in [-0.4, -0.2) is 72.5 Å². The molecule has 4 aromatic carbocycles. The number of hydrazone groups is 2. The van der Waals surface area contributed by atoms with Gasteiger partial charge in [0.1, 0.15) is 0 Å². The van der Waals surface area contributed by atoms with Crippen LogP contribution in [0.25, 0.3) is 22.3 Å². The van der Waals surface area contributed by atoms with E-state index in [1.807, 2.05) is 79.8 Å². The van der Waals surface area contributed by atoms with Gasteiger partial charge in [0.15, 0.2) is 0 Å². The van der Waals surface area contributed by atoms with Gasteiger partial charge in [-0.1, -0.05) is 0 Å². The summed E-state index contributed by atoms with van der Waals surface area (Å²) in [6.45, 7) is 42.6. The maximum atomic E-state index is 4.68. The van der Waals surface area contributed by atoms with Crippen molar-refractivity contribution in [2.24, 2.45) is 30.6 Å². The van der Waals surface area contributed by atoms with Gasteiger partial charge in [-0.3, -0.25) is 0 Å². The maximum Gasteiger partial charge on any atom is 0.0674 e. The minimum absolute atomic E-state index is 0.932. The Morgan fingerprint density at radius 2 is 0.516 bits per heavy atom. The van der Waals surface area contributed by atoms with Crippen LogP contribution < -0.4 is 0 Å². The van der Waals surface area contributed by atoms with Crippen molar-refractivity contribution in [1.82, 2.24) is 10.0 Å². The Morgan fingerprint density at radius 3 is 0.710 bits per heavy atom. The summed E-state index contributed by atoms with van der Waals surface area (Å²) in [7, 11) is 7.87. The highest BCUT2D eigenvalue weighted by molar-refractivity contribution is 6.06. The van der Waals surface area contributed by atoms with Crippen molar-refractivity contribution in [1.29, 1.82) is 0 Å². The lowest BCUT2D eigenvalue weighted by molar-refractivity contribution is 0.437. The molecule has 0 bridgehead atoms. The first-order valence-electron chi connectivity index (χ1n) is 21.7. The number of hydrogen-bond donors (Lipinski definition) is 0. The predicted octanol–water partition coefficient (Wildman–Crippen LogP) is 13.4. The van der Waals surface area contributed by atoms with E-state index in [9.17, 15) is 0 Å². The third kappa shape index (κ3) is 11.5. The molecule has 0 aromatic heterocycles. The zero-order valence-corrected chi connectivity index (χ0v) is 42.9. The quantitative estimate of drug-likeness (QED) is 0.118. The number of nitrogens with zero attached hydrogens (tertiary/aromatic N) is 8. The van der Waals surface area contributed by atoms with Crippen LogP contribution in [0.15, 0.2) is 54.9 Å². The topological polar surface area (TPSA) is 80.6 Å². The lowest BCUT2D eigenvalue weighted by Crippen LogP contribution is -2.12. The van der Waals surface area contributed by atoms with Crippen LogP contribution in [0.1, 0.15) is 144 Å². The number of benzene rings is 4. The fraction of sp³-hybridized carbons (Fsp3) is 0.444. The van der Waals surface area contributed by atoms with Gasteiger partial charge < -0.3 is 10.0 Å². The van der Waals surface area contributed by atoms with Gasteiger partial charge in [0.2, 0.25) is 0 Å². The summed E-state index contributed by atoms with van der Waals surface area (Å²) in [6.07, 6.45) is 0. The van der Waals surface area contributed by atoms with E-state index < -0.39 is 0 Å². The highest BCUT2D eigenvalue weighted by Gasteiger charge is 2.23. The lowest BCUT2D eigenvalue weighted by Gasteiger charge is -2.24. The Bertz CT molecular complexity index is 2370. The van der Waals surface area contributed by atoms with Gasteiger partial charge in [-0.25, -0.2) is 0 Å². The van der Waals surface area contributed by atoms with Gasteiger partial charge in [-0.05, 0) is 252 Å². The third-order valence-corrected chi connectivity index (χ3v) is 12.0. The molecule has 0 amide bonds. The van der Waals surface area contributed by atoms with Crippen LogP contribution in [0, 0.1) is 83.1 Å². The lowest BCUT2D eigenvalue weighted by atomic mass is 9.81. The average Bonchev–Trinajstić information content (AvgIpc) is 3.17. The van der Waals surface area contributed by atoms with Crippen molar-refractivity contribution in [2.75, 3.05) is 28.2 Å². The molecule has 8 nitrogen and oxygen atoms in total. The molecule has 0 N–H and O–H groups in total. The Hall–Kier alpha value is -5.50. The maximum absolute atomic E-state index is 4.68. The summed E-state index contributed by atoms with van der Waals surface area (Å²) in [5.74, 6) is 0. The second kappa shape index (κ2) is 21.0. The summed E-state index contributed by atoms with van der Waals surface area (Å²) in [6, 6.07) is 9.02. The molecule has 0 atom stereocenters. The van der Waals surface area contributed by atoms with Gasteiger partial charge in [-0.2, -0.15) is 30.6 Å². The van der Waals surface area contributed by atoms with Gasteiger partial charge in [-0.15, -0.1) is 0 Å². The SMILES string of the molecule is C/C(=N\N(C)C)c1cc(C)c(C)c(-c2c(C)c(C)cc(/C(C)=N/N(C)C)c2C)c1C.CC(C)=N/N=C(\C)c1cc(C)c(C)c(-c2c(C)c(C)cc(/C(C)=N/N=C(C)C)c2C)c1C. The molecule has 0 unspecified atom stereocenters. The van der Waals surface area contributed by atoms with E-state index in [1.54, 1.807) is 0 Å². The molecule has 0 saturated carbocycles. The molecule has 0 spiro atoms. The summed E-state index contributed by atoms with van der Waals surface area (Å²) < 4.78 is 0. The molecular formula is C54H76N8. The second-order valence-corrected chi connectivity index (χ2v) is 18.0. The molecular weight excluding hydrogens is 761 g/mol. The van der Waals surface area contributed by atoms with Gasteiger partial charge in [0.05, 0.1) is 22.8 Å². The van der Waals surface area contributed by atoms with Gasteiger partial charge >= 0.3 is 0 Å².